The number of likely N-dealkylation sites (N-methyl/N-ethyl adjacent to an activating group) is 1. The fourth-order valence-electron chi connectivity index (χ4n) is 7.89. The fraction of sp³-hybridized carbons (Fsp3) is 0.447. The summed E-state index contributed by atoms with van der Waals surface area (Å²) >= 11 is 0. The van der Waals surface area contributed by atoms with Crippen LogP contribution in [0, 0.1) is 17.5 Å². The Balaban J connectivity index is 1.29. The zero-order valence-electron chi connectivity index (χ0n) is 27.7. The molecule has 4 atom stereocenters. The van der Waals surface area contributed by atoms with E-state index in [-0.39, 0.29) is 31.3 Å². The van der Waals surface area contributed by atoms with E-state index in [0.29, 0.717) is 42.6 Å². The van der Waals surface area contributed by atoms with Crippen LogP contribution < -0.4 is 5.32 Å². The molecule has 0 aliphatic carbocycles. The van der Waals surface area contributed by atoms with Crippen molar-refractivity contribution in [3.05, 3.63) is 107 Å². The van der Waals surface area contributed by atoms with Gasteiger partial charge >= 0.3 is 0 Å². The smallest absolute Gasteiger partial charge is 0.246 e. The Morgan fingerprint density at radius 3 is 1.84 bits per heavy atom. The van der Waals surface area contributed by atoms with Crippen molar-refractivity contribution in [2.24, 2.45) is 0 Å². The molecular formula is C38H43F3N4O4. The van der Waals surface area contributed by atoms with Gasteiger partial charge in [-0.25, -0.2) is 13.2 Å². The number of hydrogen-bond acceptors (Lipinski definition) is 5. The minimum Gasteiger partial charge on any atom is -0.391 e. The van der Waals surface area contributed by atoms with Gasteiger partial charge in [-0.3, -0.25) is 14.4 Å². The molecule has 0 saturated carbocycles. The average Bonchev–Trinajstić information content (AvgIpc) is 3.75. The minimum absolute atomic E-state index is 0.0128. The van der Waals surface area contributed by atoms with Crippen molar-refractivity contribution in [2.75, 3.05) is 33.2 Å². The van der Waals surface area contributed by atoms with E-state index >= 15 is 0 Å². The molecule has 3 heterocycles. The molecule has 3 saturated heterocycles. The van der Waals surface area contributed by atoms with E-state index in [4.69, 9.17) is 0 Å². The predicted octanol–water partition coefficient (Wildman–Crippen LogP) is 4.38. The summed E-state index contributed by atoms with van der Waals surface area (Å²) in [6.45, 7) is 1.74. The Morgan fingerprint density at radius 2 is 1.31 bits per heavy atom. The highest BCUT2D eigenvalue weighted by molar-refractivity contribution is 5.93. The average molecular weight is 677 g/mol. The molecule has 8 nitrogen and oxygen atoms in total. The second-order valence-corrected chi connectivity index (χ2v) is 13.6. The number of carbonyl (C=O) groups is 3. The van der Waals surface area contributed by atoms with Crippen molar-refractivity contribution in [2.45, 2.75) is 74.6 Å². The summed E-state index contributed by atoms with van der Waals surface area (Å²) in [5, 5.41) is 13.9. The lowest BCUT2D eigenvalue weighted by Gasteiger charge is -2.38. The minimum atomic E-state index is -1.34. The monoisotopic (exact) mass is 676 g/mol. The number of benzene rings is 3. The molecule has 0 bridgehead atoms. The Kier molecular flexibility index (Phi) is 10.4. The molecule has 3 amide bonds. The topological polar surface area (TPSA) is 93.2 Å². The second kappa shape index (κ2) is 14.7. The summed E-state index contributed by atoms with van der Waals surface area (Å²) in [5.41, 5.74) is 0.171. The van der Waals surface area contributed by atoms with Gasteiger partial charge in [0, 0.05) is 38.5 Å². The molecule has 3 aromatic rings. The molecule has 3 aliphatic heterocycles. The maximum atomic E-state index is 14.5. The van der Waals surface area contributed by atoms with Crippen molar-refractivity contribution >= 4 is 17.7 Å². The Labute approximate surface area is 284 Å². The number of rotatable bonds is 9. The molecule has 0 spiro atoms. The van der Waals surface area contributed by atoms with Gasteiger partial charge in [-0.2, -0.15) is 0 Å². The molecule has 3 aromatic carbocycles. The standard InChI is InChI=1S/C38H43F3N4O4/c1-43-19-3-2-5-31(43)23-42-36(48)33-6-4-20-44(33)37(49)34-21-32(46)24-45(34)35(47)22-38(25-7-13-28(39)14-8-25,26-9-15-29(40)16-10-26)27-11-17-30(41)18-12-27/h7-18,31-34,46H,2-6,19-24H2,1H3,(H,42,48). The van der Waals surface area contributed by atoms with Crippen molar-refractivity contribution in [3.8, 4) is 0 Å². The van der Waals surface area contributed by atoms with Crippen molar-refractivity contribution in [1.82, 2.24) is 20.0 Å². The van der Waals surface area contributed by atoms with Gasteiger partial charge < -0.3 is 25.1 Å². The van der Waals surface area contributed by atoms with Crippen molar-refractivity contribution in [3.63, 3.8) is 0 Å². The molecule has 11 heteroatoms. The Bertz CT molecular complexity index is 1530. The van der Waals surface area contributed by atoms with Crippen LogP contribution >= 0.6 is 0 Å². The highest BCUT2D eigenvalue weighted by atomic mass is 19.1. The van der Waals surface area contributed by atoms with Crippen molar-refractivity contribution < 1.29 is 32.7 Å². The van der Waals surface area contributed by atoms with Crippen LogP contribution in [0.25, 0.3) is 0 Å². The van der Waals surface area contributed by atoms with Crippen LogP contribution in [0.5, 0.6) is 0 Å². The number of amides is 3. The summed E-state index contributed by atoms with van der Waals surface area (Å²) in [5.74, 6) is -2.58. The third kappa shape index (κ3) is 7.23. The molecule has 0 radical (unpaired) electrons. The summed E-state index contributed by atoms with van der Waals surface area (Å²) in [6, 6.07) is 15.4. The van der Waals surface area contributed by atoms with E-state index in [9.17, 15) is 32.7 Å². The highest BCUT2D eigenvalue weighted by Crippen LogP contribution is 2.43. The lowest BCUT2D eigenvalue weighted by Crippen LogP contribution is -2.54. The lowest BCUT2D eigenvalue weighted by atomic mass is 9.67. The number of nitrogens with one attached hydrogen (secondary N) is 1. The lowest BCUT2D eigenvalue weighted by molar-refractivity contribution is -0.147. The van der Waals surface area contributed by atoms with Crippen LogP contribution in [0.3, 0.4) is 0 Å². The van der Waals surface area contributed by atoms with Crippen LogP contribution in [0.15, 0.2) is 72.8 Å². The van der Waals surface area contributed by atoms with E-state index in [1.165, 1.54) is 82.6 Å². The zero-order valence-corrected chi connectivity index (χ0v) is 27.7. The maximum absolute atomic E-state index is 14.5. The van der Waals surface area contributed by atoms with Gasteiger partial charge in [-0.15, -0.1) is 0 Å². The zero-order chi connectivity index (χ0) is 34.7. The molecule has 260 valence electrons. The number of hydrogen-bond donors (Lipinski definition) is 2. The molecular weight excluding hydrogens is 633 g/mol. The first-order valence-electron chi connectivity index (χ1n) is 17.1. The molecule has 4 unspecified atom stereocenters. The maximum Gasteiger partial charge on any atom is 0.246 e. The molecule has 6 rings (SSSR count). The Hall–Kier alpha value is -4.22. The summed E-state index contributed by atoms with van der Waals surface area (Å²) in [7, 11) is 2.05. The van der Waals surface area contributed by atoms with Crippen LogP contribution in [-0.2, 0) is 19.8 Å². The van der Waals surface area contributed by atoms with E-state index in [0.717, 1.165) is 25.8 Å². The largest absolute Gasteiger partial charge is 0.391 e. The predicted molar refractivity (Wildman–Crippen MR) is 178 cm³/mol. The molecule has 49 heavy (non-hydrogen) atoms. The quantitative estimate of drug-likeness (QED) is 0.329. The number of aliphatic hydroxyl groups excluding tert-OH is 1. The number of likely N-dealkylation sites (tertiary alicyclic amines) is 3. The second-order valence-electron chi connectivity index (χ2n) is 13.6. The number of carbonyl (C=O) groups excluding carboxylic acids is 3. The number of nitrogens with zero attached hydrogens (tertiary/aromatic N) is 3. The van der Waals surface area contributed by atoms with Gasteiger partial charge in [0.1, 0.15) is 29.5 Å². The first kappa shape index (κ1) is 34.6. The van der Waals surface area contributed by atoms with E-state index in [1.54, 1.807) is 0 Å². The van der Waals surface area contributed by atoms with Gasteiger partial charge in [0.15, 0.2) is 0 Å². The van der Waals surface area contributed by atoms with Gasteiger partial charge in [-0.1, -0.05) is 42.8 Å². The van der Waals surface area contributed by atoms with Gasteiger partial charge in [0.05, 0.1) is 11.5 Å². The molecule has 2 N–H and O–H groups in total. The third-order valence-electron chi connectivity index (χ3n) is 10.6. The van der Waals surface area contributed by atoms with E-state index in [2.05, 4.69) is 17.3 Å². The highest BCUT2D eigenvalue weighted by Gasteiger charge is 2.47. The van der Waals surface area contributed by atoms with Crippen LogP contribution in [0.2, 0.25) is 0 Å². The molecule has 3 aliphatic rings. The SMILES string of the molecule is CN1CCCCC1CNC(=O)C1CCCN1C(=O)C1CC(O)CN1C(=O)CC(c1ccc(F)cc1)(c1ccc(F)cc1)c1ccc(F)cc1. The summed E-state index contributed by atoms with van der Waals surface area (Å²) < 4.78 is 42.6. The van der Waals surface area contributed by atoms with Gasteiger partial charge in [0.25, 0.3) is 0 Å². The Morgan fingerprint density at radius 1 is 0.755 bits per heavy atom. The van der Waals surface area contributed by atoms with Crippen LogP contribution in [0.4, 0.5) is 13.2 Å². The normalized spacial score (nSPS) is 23.1. The van der Waals surface area contributed by atoms with Crippen LogP contribution in [-0.4, -0.2) is 95.0 Å². The van der Waals surface area contributed by atoms with Crippen LogP contribution in [0.1, 0.15) is 61.6 Å². The third-order valence-corrected chi connectivity index (χ3v) is 10.6. The molecule has 3 fully saturated rings. The number of piperidine rings is 1. The molecule has 0 aromatic heterocycles. The van der Waals surface area contributed by atoms with Crippen molar-refractivity contribution in [1.29, 1.82) is 0 Å². The van der Waals surface area contributed by atoms with E-state index in [1.807, 2.05) is 0 Å². The number of aliphatic hydroxyl groups is 1. The first-order chi connectivity index (χ1) is 23.6. The fourth-order valence-corrected chi connectivity index (χ4v) is 7.89. The summed E-state index contributed by atoms with van der Waals surface area (Å²) in [6.07, 6.45) is 3.14. The first-order valence-corrected chi connectivity index (χ1v) is 17.1. The van der Waals surface area contributed by atoms with E-state index < -0.39 is 52.9 Å². The van der Waals surface area contributed by atoms with Gasteiger partial charge in [-0.05, 0) is 92.4 Å². The van der Waals surface area contributed by atoms with Gasteiger partial charge in [0.2, 0.25) is 17.7 Å². The number of halogens is 3. The summed E-state index contributed by atoms with van der Waals surface area (Å²) in [4.78, 5) is 47.2. The number of β-amino-alcohol motifs (C(OH)–C–C–N with tert-alkyl or cyclic N) is 1.